The number of carboxylic acid groups (broad SMARTS) is 1. The Labute approximate surface area is 131 Å². The molecule has 0 heterocycles. The Hall–Kier alpha value is 0.0674. The minimum Gasteiger partial charge on any atom is -0.550 e. The quantitative estimate of drug-likeness (QED) is 0.349. The first-order valence-electron chi connectivity index (χ1n) is 7.97. The zero-order chi connectivity index (χ0) is 13.5. The number of carbonyl (C=O) groups is 1. The molecule has 0 aliphatic heterocycles. The molecule has 0 aliphatic carbocycles. The van der Waals surface area contributed by atoms with E-state index in [4.69, 9.17) is 0 Å². The molecule has 0 aromatic rings. The molecule has 0 unspecified atom stereocenters. The molecule has 0 amide bonds. The predicted molar refractivity (Wildman–Crippen MR) is 75.3 cm³/mol. The van der Waals surface area contributed by atoms with Crippen LogP contribution in [0.25, 0.3) is 0 Å². The Morgan fingerprint density at radius 1 is 0.684 bits per heavy atom. The summed E-state index contributed by atoms with van der Waals surface area (Å²) in [4.78, 5) is 10.2. The zero-order valence-electron chi connectivity index (χ0n) is 13.2. The molecule has 0 fully saturated rings. The standard InChI is InChI=1S/C16H32O2.Li/c1-2-3-4-5-6-7-8-9-10-11-12-13-14-15-16(17)18;/h2-15H2,1H3,(H,17,18);/q;+1/p-1. The van der Waals surface area contributed by atoms with Crippen LogP contribution in [-0.2, 0) is 4.79 Å². The van der Waals surface area contributed by atoms with Crippen molar-refractivity contribution in [2.75, 3.05) is 0 Å². The summed E-state index contributed by atoms with van der Waals surface area (Å²) in [5.74, 6) is -0.905. The van der Waals surface area contributed by atoms with E-state index in [1.54, 1.807) is 0 Å². The van der Waals surface area contributed by atoms with Crippen LogP contribution in [0.4, 0.5) is 0 Å². The molecular weight excluding hydrogens is 231 g/mol. The maximum Gasteiger partial charge on any atom is 1.00 e. The average Bonchev–Trinajstić information content (AvgIpc) is 2.34. The molecule has 19 heavy (non-hydrogen) atoms. The molecule has 0 aromatic heterocycles. The van der Waals surface area contributed by atoms with E-state index in [1.165, 1.54) is 70.6 Å². The molecule has 0 saturated carbocycles. The number of rotatable bonds is 14. The monoisotopic (exact) mass is 262 g/mol. The summed E-state index contributed by atoms with van der Waals surface area (Å²) in [5, 5.41) is 10.2. The van der Waals surface area contributed by atoms with Gasteiger partial charge in [-0.25, -0.2) is 0 Å². The molecule has 0 rings (SSSR count). The minimum atomic E-state index is -0.905. The van der Waals surface area contributed by atoms with E-state index in [0.29, 0.717) is 0 Å². The Morgan fingerprint density at radius 3 is 1.32 bits per heavy atom. The van der Waals surface area contributed by atoms with Gasteiger partial charge in [-0.3, -0.25) is 0 Å². The molecule has 3 heteroatoms. The normalized spacial score (nSPS) is 10.2. The molecule has 0 radical (unpaired) electrons. The van der Waals surface area contributed by atoms with E-state index in [9.17, 15) is 9.90 Å². The van der Waals surface area contributed by atoms with Gasteiger partial charge < -0.3 is 9.90 Å². The van der Waals surface area contributed by atoms with E-state index in [-0.39, 0.29) is 25.3 Å². The molecule has 0 spiro atoms. The molecule has 108 valence electrons. The van der Waals surface area contributed by atoms with E-state index < -0.39 is 5.97 Å². The first-order valence-corrected chi connectivity index (χ1v) is 7.97. The van der Waals surface area contributed by atoms with Gasteiger partial charge in [-0.2, -0.15) is 0 Å². The minimum absolute atomic E-state index is 0. The molecular formula is C16H31LiO2. The summed E-state index contributed by atoms with van der Waals surface area (Å²) in [6.45, 7) is 2.26. The van der Waals surface area contributed by atoms with Gasteiger partial charge in [-0.1, -0.05) is 84.0 Å². The number of aliphatic carboxylic acids is 1. The van der Waals surface area contributed by atoms with Crippen molar-refractivity contribution in [2.24, 2.45) is 0 Å². The number of hydrogen-bond donors (Lipinski definition) is 0. The van der Waals surface area contributed by atoms with Gasteiger partial charge in [0.05, 0.1) is 0 Å². The summed E-state index contributed by atoms with van der Waals surface area (Å²) in [7, 11) is 0. The van der Waals surface area contributed by atoms with Crippen molar-refractivity contribution in [3.05, 3.63) is 0 Å². The SMILES string of the molecule is CCCCCCCCCCCCCCCC(=O)[O-].[Li+]. The smallest absolute Gasteiger partial charge is 0.550 e. The van der Waals surface area contributed by atoms with Crippen LogP contribution in [0, 0.1) is 0 Å². The fourth-order valence-electron chi connectivity index (χ4n) is 2.29. The number of hydrogen-bond acceptors (Lipinski definition) is 2. The first-order chi connectivity index (χ1) is 8.77. The number of carbonyl (C=O) groups excluding carboxylic acids is 1. The van der Waals surface area contributed by atoms with Gasteiger partial charge in [0.2, 0.25) is 0 Å². The van der Waals surface area contributed by atoms with Crippen LogP contribution >= 0.6 is 0 Å². The maximum atomic E-state index is 10.2. The second-order valence-corrected chi connectivity index (χ2v) is 5.36. The van der Waals surface area contributed by atoms with Crippen LogP contribution in [-0.4, -0.2) is 5.97 Å². The topological polar surface area (TPSA) is 40.1 Å². The molecule has 0 aliphatic rings. The maximum absolute atomic E-state index is 10.2. The molecule has 0 bridgehead atoms. The predicted octanol–water partition coefficient (Wildman–Crippen LogP) is 1.22. The van der Waals surface area contributed by atoms with Crippen LogP contribution in [0.2, 0.25) is 0 Å². The van der Waals surface area contributed by atoms with Gasteiger partial charge in [0, 0.05) is 5.97 Å². The molecule has 0 atom stereocenters. The Kier molecular flexibility index (Phi) is 20.3. The second-order valence-electron chi connectivity index (χ2n) is 5.36. The average molecular weight is 262 g/mol. The van der Waals surface area contributed by atoms with Gasteiger partial charge in [0.25, 0.3) is 0 Å². The van der Waals surface area contributed by atoms with E-state index in [1.807, 2.05) is 0 Å². The van der Waals surface area contributed by atoms with Gasteiger partial charge >= 0.3 is 18.9 Å². The molecule has 0 aromatic carbocycles. The van der Waals surface area contributed by atoms with E-state index in [2.05, 4.69) is 6.92 Å². The number of carboxylic acids is 1. The van der Waals surface area contributed by atoms with Crippen molar-refractivity contribution in [3.63, 3.8) is 0 Å². The summed E-state index contributed by atoms with van der Waals surface area (Å²) in [6, 6.07) is 0. The van der Waals surface area contributed by atoms with Crippen molar-refractivity contribution in [1.82, 2.24) is 0 Å². The van der Waals surface area contributed by atoms with E-state index in [0.717, 1.165) is 12.8 Å². The zero-order valence-corrected chi connectivity index (χ0v) is 13.2. The largest absolute Gasteiger partial charge is 1.00 e. The number of unbranched alkanes of at least 4 members (excludes halogenated alkanes) is 12. The van der Waals surface area contributed by atoms with Gasteiger partial charge in [0.1, 0.15) is 0 Å². The first kappa shape index (κ1) is 21.4. The summed E-state index contributed by atoms with van der Waals surface area (Å²) >= 11 is 0. The second kappa shape index (κ2) is 18.1. The van der Waals surface area contributed by atoms with Crippen LogP contribution in [0.1, 0.15) is 96.8 Å². The van der Waals surface area contributed by atoms with Gasteiger partial charge in [0.15, 0.2) is 0 Å². The summed E-state index contributed by atoms with van der Waals surface area (Å²) in [6.07, 6.45) is 16.9. The van der Waals surface area contributed by atoms with Crippen molar-refractivity contribution < 1.29 is 28.8 Å². The fourth-order valence-corrected chi connectivity index (χ4v) is 2.29. The van der Waals surface area contributed by atoms with Gasteiger partial charge in [-0.15, -0.1) is 0 Å². The van der Waals surface area contributed by atoms with Crippen molar-refractivity contribution in [2.45, 2.75) is 96.8 Å². The van der Waals surface area contributed by atoms with Crippen molar-refractivity contribution in [1.29, 1.82) is 0 Å². The Balaban J connectivity index is 0. The van der Waals surface area contributed by atoms with Crippen LogP contribution in [0.15, 0.2) is 0 Å². The third-order valence-corrected chi connectivity index (χ3v) is 3.48. The van der Waals surface area contributed by atoms with Crippen LogP contribution < -0.4 is 24.0 Å². The Bertz CT molecular complexity index is 184. The van der Waals surface area contributed by atoms with E-state index >= 15 is 0 Å². The molecule has 2 nitrogen and oxygen atoms in total. The van der Waals surface area contributed by atoms with Crippen molar-refractivity contribution in [3.8, 4) is 0 Å². The summed E-state index contributed by atoms with van der Waals surface area (Å²) < 4.78 is 0. The summed E-state index contributed by atoms with van der Waals surface area (Å²) in [5.41, 5.74) is 0. The van der Waals surface area contributed by atoms with Crippen molar-refractivity contribution >= 4 is 5.97 Å². The third kappa shape index (κ3) is 20.5. The fraction of sp³-hybridized carbons (Fsp3) is 0.938. The Morgan fingerprint density at radius 2 is 1.00 bits per heavy atom. The van der Waals surface area contributed by atoms with Crippen LogP contribution in [0.3, 0.4) is 0 Å². The molecule has 0 saturated heterocycles. The van der Waals surface area contributed by atoms with Crippen LogP contribution in [0.5, 0.6) is 0 Å². The molecule has 0 N–H and O–H groups in total. The third-order valence-electron chi connectivity index (χ3n) is 3.48. The van der Waals surface area contributed by atoms with Gasteiger partial charge in [-0.05, 0) is 12.8 Å².